The summed E-state index contributed by atoms with van der Waals surface area (Å²) in [4.78, 5) is 8.24. The lowest BCUT2D eigenvalue weighted by Gasteiger charge is -2.14. The van der Waals surface area contributed by atoms with Gasteiger partial charge >= 0.3 is 0 Å². The Morgan fingerprint density at radius 1 is 1.19 bits per heavy atom. The molecular weight excluding hydrogens is 351 g/mol. The molecular formula is C21H18ClFN2O. The van der Waals surface area contributed by atoms with Crippen LogP contribution in [0.3, 0.4) is 0 Å². The van der Waals surface area contributed by atoms with Crippen LogP contribution in [0.25, 0.3) is 11.1 Å². The smallest absolute Gasteiger partial charge is 0.138 e. The highest BCUT2D eigenvalue weighted by Gasteiger charge is 2.16. The summed E-state index contributed by atoms with van der Waals surface area (Å²) < 4.78 is 20.6. The lowest BCUT2D eigenvalue weighted by Crippen LogP contribution is -1.99. The average molecular weight is 369 g/mol. The molecule has 1 aromatic heterocycles. The van der Waals surface area contributed by atoms with Crippen LogP contribution < -0.4 is 4.74 Å². The quantitative estimate of drug-likeness (QED) is 0.581. The number of halogens is 2. The number of aromatic nitrogens is 1. The van der Waals surface area contributed by atoms with Crippen molar-refractivity contribution >= 4 is 17.8 Å². The fraction of sp³-hybridized carbons (Fsp3) is 0.143. The van der Waals surface area contributed by atoms with E-state index in [9.17, 15) is 0 Å². The number of benzene rings is 2. The predicted molar refractivity (Wildman–Crippen MR) is 104 cm³/mol. The van der Waals surface area contributed by atoms with E-state index in [2.05, 4.69) is 9.98 Å². The van der Waals surface area contributed by atoms with Gasteiger partial charge in [-0.3, -0.25) is 9.98 Å². The molecule has 3 rings (SSSR count). The van der Waals surface area contributed by atoms with E-state index in [0.717, 1.165) is 11.3 Å². The third kappa shape index (κ3) is 3.92. The maximum Gasteiger partial charge on any atom is 0.138 e. The summed E-state index contributed by atoms with van der Waals surface area (Å²) >= 11 is 6.07. The molecule has 0 unspecified atom stereocenters. The minimum absolute atomic E-state index is 0.314. The van der Waals surface area contributed by atoms with E-state index in [1.165, 1.54) is 7.11 Å². The van der Waals surface area contributed by atoms with Crippen molar-refractivity contribution < 1.29 is 9.13 Å². The summed E-state index contributed by atoms with van der Waals surface area (Å²) in [6.45, 7) is 0. The molecule has 26 heavy (non-hydrogen) atoms. The zero-order chi connectivity index (χ0) is 18.5. The molecule has 0 aliphatic rings. The minimum Gasteiger partial charge on any atom is -0.496 e. The molecule has 0 saturated heterocycles. The highest BCUT2D eigenvalue weighted by molar-refractivity contribution is 6.30. The fourth-order valence-electron chi connectivity index (χ4n) is 2.79. The van der Waals surface area contributed by atoms with Crippen molar-refractivity contribution in [3.8, 4) is 16.9 Å². The van der Waals surface area contributed by atoms with Gasteiger partial charge in [-0.05, 0) is 41.0 Å². The van der Waals surface area contributed by atoms with Gasteiger partial charge in [-0.25, -0.2) is 4.39 Å². The van der Waals surface area contributed by atoms with E-state index in [1.807, 2.05) is 18.2 Å². The molecule has 0 aliphatic carbocycles. The lowest BCUT2D eigenvalue weighted by molar-refractivity contribution is 0.413. The van der Waals surface area contributed by atoms with Crippen LogP contribution in [-0.4, -0.2) is 25.4 Å². The Bertz CT molecular complexity index is 939. The average Bonchev–Trinajstić information content (AvgIpc) is 2.65. The molecule has 0 radical (unpaired) electrons. The first-order chi connectivity index (χ1) is 12.6. The van der Waals surface area contributed by atoms with Crippen LogP contribution >= 0.6 is 11.6 Å². The van der Waals surface area contributed by atoms with Crippen LogP contribution in [0.15, 0.2) is 59.7 Å². The molecule has 0 bridgehead atoms. The van der Waals surface area contributed by atoms with Gasteiger partial charge in [-0.15, -0.1) is 0 Å². The Labute approximate surface area is 157 Å². The van der Waals surface area contributed by atoms with Crippen molar-refractivity contribution in [1.82, 2.24) is 4.98 Å². The van der Waals surface area contributed by atoms with E-state index in [0.29, 0.717) is 33.9 Å². The Morgan fingerprint density at radius 3 is 2.69 bits per heavy atom. The van der Waals surface area contributed by atoms with Crippen molar-refractivity contribution in [1.29, 1.82) is 0 Å². The second kappa shape index (κ2) is 8.11. The van der Waals surface area contributed by atoms with Crippen molar-refractivity contribution in [3.05, 3.63) is 82.4 Å². The van der Waals surface area contributed by atoms with E-state index in [-0.39, 0.29) is 5.82 Å². The van der Waals surface area contributed by atoms with Gasteiger partial charge in [0.15, 0.2) is 0 Å². The number of nitrogens with zero attached hydrogens (tertiary/aromatic N) is 2. The Balaban J connectivity index is 1.99. The molecule has 0 spiro atoms. The van der Waals surface area contributed by atoms with E-state index in [4.69, 9.17) is 16.3 Å². The van der Waals surface area contributed by atoms with Crippen molar-refractivity contribution in [3.63, 3.8) is 0 Å². The normalized spacial score (nSPS) is 11.1. The Hall–Kier alpha value is -2.72. The number of methoxy groups -OCH3 is 1. The monoisotopic (exact) mass is 368 g/mol. The molecule has 5 heteroatoms. The maximum atomic E-state index is 15.3. The van der Waals surface area contributed by atoms with Crippen LogP contribution in [0.4, 0.5) is 4.39 Å². The molecule has 0 N–H and O–H groups in total. The van der Waals surface area contributed by atoms with Gasteiger partial charge in [0.25, 0.3) is 0 Å². The molecule has 0 aliphatic heterocycles. The number of pyridine rings is 1. The highest BCUT2D eigenvalue weighted by atomic mass is 35.5. The second-order valence-corrected chi connectivity index (χ2v) is 6.22. The molecule has 0 amide bonds. The Kier molecular flexibility index (Phi) is 5.64. The molecule has 132 valence electrons. The first-order valence-electron chi connectivity index (χ1n) is 8.10. The summed E-state index contributed by atoms with van der Waals surface area (Å²) in [5.41, 5.74) is 3.35. The summed E-state index contributed by atoms with van der Waals surface area (Å²) in [5.74, 6) is 0.159. The molecule has 0 atom stereocenters. The van der Waals surface area contributed by atoms with Crippen LogP contribution in [-0.2, 0) is 6.42 Å². The van der Waals surface area contributed by atoms with Gasteiger partial charge in [0, 0.05) is 30.9 Å². The predicted octanol–water partition coefficient (Wildman–Crippen LogP) is 5.19. The number of hydrogen-bond acceptors (Lipinski definition) is 3. The van der Waals surface area contributed by atoms with Crippen molar-refractivity contribution in [2.75, 3.05) is 14.2 Å². The van der Waals surface area contributed by atoms with Gasteiger partial charge in [-0.2, -0.15) is 0 Å². The van der Waals surface area contributed by atoms with Crippen LogP contribution in [0.1, 0.15) is 16.8 Å². The van der Waals surface area contributed by atoms with Gasteiger partial charge in [-0.1, -0.05) is 35.9 Å². The topological polar surface area (TPSA) is 34.5 Å². The number of rotatable bonds is 5. The first-order valence-corrected chi connectivity index (χ1v) is 8.48. The molecule has 2 aromatic carbocycles. The minimum atomic E-state index is -0.314. The lowest BCUT2D eigenvalue weighted by atomic mass is 9.97. The number of hydrogen-bond donors (Lipinski definition) is 0. The first kappa shape index (κ1) is 18.1. The van der Waals surface area contributed by atoms with Crippen LogP contribution in [0.5, 0.6) is 5.75 Å². The highest BCUT2D eigenvalue weighted by Crippen LogP contribution is 2.36. The molecule has 3 nitrogen and oxygen atoms in total. The molecule has 0 fully saturated rings. The number of aliphatic imine (C=N–C) groups is 1. The molecule has 3 aromatic rings. The Morgan fingerprint density at radius 2 is 2.04 bits per heavy atom. The summed E-state index contributed by atoms with van der Waals surface area (Å²) in [6.07, 6.45) is 3.84. The van der Waals surface area contributed by atoms with E-state index in [1.54, 1.807) is 49.8 Å². The summed E-state index contributed by atoms with van der Waals surface area (Å²) in [6, 6.07) is 14.4. The van der Waals surface area contributed by atoms with E-state index >= 15 is 4.39 Å². The summed E-state index contributed by atoms with van der Waals surface area (Å²) in [7, 11) is 3.22. The van der Waals surface area contributed by atoms with Crippen LogP contribution in [0.2, 0.25) is 5.02 Å². The standard InChI is InChI=1S/C21H18ClFN2O/c1-24-13-18-8-6-14(12-25-18)10-16-7-9-19(26-2)20(21(16)23)15-4-3-5-17(22)11-15/h3-9,11-13H,10H2,1-2H3. The zero-order valence-corrected chi connectivity index (χ0v) is 15.3. The fourth-order valence-corrected chi connectivity index (χ4v) is 2.98. The van der Waals surface area contributed by atoms with E-state index < -0.39 is 0 Å². The van der Waals surface area contributed by atoms with Crippen molar-refractivity contribution in [2.45, 2.75) is 6.42 Å². The molecule has 1 heterocycles. The van der Waals surface area contributed by atoms with Crippen LogP contribution in [0, 0.1) is 5.82 Å². The SMILES string of the molecule is CN=Cc1ccc(Cc2ccc(OC)c(-c3cccc(Cl)c3)c2F)cn1. The van der Waals surface area contributed by atoms with Gasteiger partial charge < -0.3 is 4.74 Å². The largest absolute Gasteiger partial charge is 0.496 e. The second-order valence-electron chi connectivity index (χ2n) is 5.78. The molecule has 0 saturated carbocycles. The summed E-state index contributed by atoms with van der Waals surface area (Å²) in [5, 5.41) is 0.548. The van der Waals surface area contributed by atoms with Gasteiger partial charge in [0.05, 0.1) is 18.4 Å². The number of ether oxygens (including phenoxy) is 1. The van der Waals surface area contributed by atoms with Gasteiger partial charge in [0.1, 0.15) is 11.6 Å². The third-order valence-corrected chi connectivity index (χ3v) is 4.26. The van der Waals surface area contributed by atoms with Gasteiger partial charge in [0.2, 0.25) is 0 Å². The zero-order valence-electron chi connectivity index (χ0n) is 14.5. The van der Waals surface area contributed by atoms with Crippen molar-refractivity contribution in [2.24, 2.45) is 4.99 Å². The third-order valence-electron chi connectivity index (χ3n) is 4.02. The maximum absolute atomic E-state index is 15.3.